The summed E-state index contributed by atoms with van der Waals surface area (Å²) in [5.41, 5.74) is 0.566. The number of amides is 1. The second-order valence-electron chi connectivity index (χ2n) is 6.80. The van der Waals surface area contributed by atoms with Gasteiger partial charge in [-0.2, -0.15) is 4.98 Å². The third-order valence-corrected chi connectivity index (χ3v) is 4.87. The summed E-state index contributed by atoms with van der Waals surface area (Å²) in [6.45, 7) is 2.69. The fraction of sp³-hybridized carbons (Fsp3) is 0.300. The molecule has 3 aromatic rings. The number of pyridine rings is 1. The molecule has 1 aromatic carbocycles. The molecule has 29 heavy (non-hydrogen) atoms. The molecule has 1 aliphatic heterocycles. The zero-order valence-electron chi connectivity index (χ0n) is 15.6. The van der Waals surface area contributed by atoms with Crippen LogP contribution in [0.2, 0.25) is 0 Å². The molecule has 3 heterocycles. The van der Waals surface area contributed by atoms with Gasteiger partial charge in [-0.25, -0.2) is 13.6 Å². The maximum atomic E-state index is 13.9. The predicted octanol–water partition coefficient (Wildman–Crippen LogP) is 4.10. The monoisotopic (exact) mass is 400 g/mol. The number of ether oxygens (including phenoxy) is 1. The normalized spacial score (nSPS) is 14.8. The summed E-state index contributed by atoms with van der Waals surface area (Å²) in [6, 6.07) is 6.46. The van der Waals surface area contributed by atoms with E-state index < -0.39 is 17.7 Å². The van der Waals surface area contributed by atoms with Crippen molar-refractivity contribution in [2.75, 3.05) is 13.1 Å². The second kappa shape index (κ2) is 7.94. The molecule has 0 N–H and O–H groups in total. The number of aromatic nitrogens is 3. The molecule has 0 aliphatic carbocycles. The van der Waals surface area contributed by atoms with Gasteiger partial charge in [0.1, 0.15) is 11.6 Å². The minimum atomic E-state index is -0.634. The molecule has 0 radical (unpaired) electrons. The third kappa shape index (κ3) is 4.08. The zero-order chi connectivity index (χ0) is 20.4. The Bertz CT molecular complexity index is 1030. The van der Waals surface area contributed by atoms with Gasteiger partial charge < -0.3 is 14.2 Å². The Labute approximate surface area is 165 Å². The average molecular weight is 400 g/mol. The van der Waals surface area contributed by atoms with E-state index in [4.69, 9.17) is 9.26 Å². The number of halogens is 2. The van der Waals surface area contributed by atoms with Crippen LogP contribution in [-0.2, 0) is 0 Å². The number of hydrogen-bond donors (Lipinski definition) is 0. The molecule has 4 rings (SSSR count). The highest BCUT2D eigenvalue weighted by Crippen LogP contribution is 2.29. The minimum Gasteiger partial charge on any atom is -0.408 e. The summed E-state index contributed by atoms with van der Waals surface area (Å²) in [6.07, 6.45) is 2.40. The fourth-order valence-corrected chi connectivity index (χ4v) is 3.23. The van der Waals surface area contributed by atoms with Crippen LogP contribution >= 0.6 is 0 Å². The summed E-state index contributed by atoms with van der Waals surface area (Å²) in [5.74, 6) is -0.486. The van der Waals surface area contributed by atoms with E-state index in [1.165, 1.54) is 0 Å². The van der Waals surface area contributed by atoms with Crippen molar-refractivity contribution in [1.82, 2.24) is 20.0 Å². The number of rotatable bonds is 3. The van der Waals surface area contributed by atoms with Gasteiger partial charge in [-0.15, -0.1) is 0 Å². The second-order valence-corrected chi connectivity index (χ2v) is 6.80. The van der Waals surface area contributed by atoms with Crippen LogP contribution in [0.5, 0.6) is 5.75 Å². The smallest absolute Gasteiger partial charge is 0.408 e. The van der Waals surface area contributed by atoms with Crippen LogP contribution in [0.1, 0.15) is 30.3 Å². The minimum absolute atomic E-state index is 0.0479. The molecular weight excluding hydrogens is 382 g/mol. The molecule has 9 heteroatoms. The molecule has 1 saturated heterocycles. The molecule has 0 unspecified atom stereocenters. The van der Waals surface area contributed by atoms with Gasteiger partial charge in [-0.3, -0.25) is 4.98 Å². The van der Waals surface area contributed by atoms with Crippen molar-refractivity contribution in [1.29, 1.82) is 0 Å². The zero-order valence-corrected chi connectivity index (χ0v) is 15.6. The highest BCUT2D eigenvalue weighted by atomic mass is 19.1. The van der Waals surface area contributed by atoms with Crippen molar-refractivity contribution in [3.05, 3.63) is 59.7 Å². The van der Waals surface area contributed by atoms with Gasteiger partial charge in [-0.1, -0.05) is 5.16 Å². The van der Waals surface area contributed by atoms with Gasteiger partial charge in [-0.05, 0) is 50.1 Å². The Hall–Kier alpha value is -3.36. The Morgan fingerprint density at radius 3 is 2.79 bits per heavy atom. The SMILES string of the molecule is Cc1ncccc1OC(=O)N1CCC(c2noc(-c3cc(F)ccc3F)n2)CC1. The van der Waals surface area contributed by atoms with Gasteiger partial charge in [0, 0.05) is 25.2 Å². The molecule has 0 saturated carbocycles. The molecule has 1 aliphatic rings. The number of likely N-dealkylation sites (tertiary alicyclic amines) is 1. The first-order chi connectivity index (χ1) is 14.0. The summed E-state index contributed by atoms with van der Waals surface area (Å²) >= 11 is 0. The predicted molar refractivity (Wildman–Crippen MR) is 98.2 cm³/mol. The standard InChI is InChI=1S/C20H18F2N4O3/c1-12-17(3-2-8-23-12)28-20(27)26-9-6-13(7-10-26)18-24-19(29-25-18)15-11-14(21)4-5-16(15)22/h2-5,8,11,13H,6-7,9-10H2,1H3. The van der Waals surface area contributed by atoms with E-state index >= 15 is 0 Å². The highest BCUT2D eigenvalue weighted by Gasteiger charge is 2.28. The van der Waals surface area contributed by atoms with Gasteiger partial charge in [0.2, 0.25) is 0 Å². The van der Waals surface area contributed by atoms with E-state index in [1.807, 2.05) is 0 Å². The van der Waals surface area contributed by atoms with E-state index in [9.17, 15) is 13.6 Å². The van der Waals surface area contributed by atoms with Gasteiger partial charge in [0.25, 0.3) is 5.89 Å². The van der Waals surface area contributed by atoms with E-state index in [0.29, 0.717) is 43.2 Å². The van der Waals surface area contributed by atoms with Crippen LogP contribution < -0.4 is 4.74 Å². The summed E-state index contributed by atoms with van der Waals surface area (Å²) in [4.78, 5) is 22.3. The van der Waals surface area contributed by atoms with E-state index in [1.54, 1.807) is 30.2 Å². The lowest BCUT2D eigenvalue weighted by Crippen LogP contribution is -2.39. The molecular formula is C20H18F2N4O3. The Morgan fingerprint density at radius 1 is 1.24 bits per heavy atom. The van der Waals surface area contributed by atoms with Crippen LogP contribution in [0, 0.1) is 18.6 Å². The first-order valence-corrected chi connectivity index (χ1v) is 9.18. The first kappa shape index (κ1) is 19.0. The van der Waals surface area contributed by atoms with E-state index in [0.717, 1.165) is 18.2 Å². The summed E-state index contributed by atoms with van der Waals surface area (Å²) in [5, 5.41) is 3.92. The molecule has 2 aromatic heterocycles. The van der Waals surface area contributed by atoms with Gasteiger partial charge >= 0.3 is 6.09 Å². The molecule has 0 bridgehead atoms. The van der Waals surface area contributed by atoms with Crippen molar-refractivity contribution in [2.24, 2.45) is 0 Å². The highest BCUT2D eigenvalue weighted by molar-refractivity contribution is 5.71. The largest absolute Gasteiger partial charge is 0.415 e. The topological polar surface area (TPSA) is 81.4 Å². The lowest BCUT2D eigenvalue weighted by Gasteiger charge is -2.29. The Morgan fingerprint density at radius 2 is 2.03 bits per heavy atom. The van der Waals surface area contributed by atoms with Crippen LogP contribution in [0.15, 0.2) is 41.1 Å². The molecule has 0 spiro atoms. The number of carbonyl (C=O) groups excluding carboxylic acids is 1. The third-order valence-electron chi connectivity index (χ3n) is 4.87. The maximum Gasteiger partial charge on any atom is 0.415 e. The maximum absolute atomic E-state index is 13.9. The quantitative estimate of drug-likeness (QED) is 0.659. The number of aryl methyl sites for hydroxylation is 1. The van der Waals surface area contributed by atoms with E-state index in [2.05, 4.69) is 15.1 Å². The number of benzene rings is 1. The van der Waals surface area contributed by atoms with Crippen LogP contribution in [0.25, 0.3) is 11.5 Å². The lowest BCUT2D eigenvalue weighted by molar-refractivity contribution is 0.137. The molecule has 0 atom stereocenters. The summed E-state index contributed by atoms with van der Waals surface area (Å²) in [7, 11) is 0. The van der Waals surface area contributed by atoms with Crippen molar-refractivity contribution in [3.63, 3.8) is 0 Å². The molecule has 1 amide bonds. The van der Waals surface area contributed by atoms with Gasteiger partial charge in [0.15, 0.2) is 11.6 Å². The first-order valence-electron chi connectivity index (χ1n) is 9.18. The van der Waals surface area contributed by atoms with Crippen LogP contribution in [0.4, 0.5) is 13.6 Å². The van der Waals surface area contributed by atoms with Crippen LogP contribution in [0.3, 0.4) is 0 Å². The molecule has 1 fully saturated rings. The number of nitrogens with zero attached hydrogens (tertiary/aromatic N) is 4. The van der Waals surface area contributed by atoms with Crippen molar-refractivity contribution < 1.29 is 22.8 Å². The summed E-state index contributed by atoms with van der Waals surface area (Å²) < 4.78 is 37.8. The van der Waals surface area contributed by atoms with Crippen molar-refractivity contribution in [2.45, 2.75) is 25.7 Å². The number of piperidine rings is 1. The molecule has 7 nitrogen and oxygen atoms in total. The fourth-order valence-electron chi connectivity index (χ4n) is 3.23. The van der Waals surface area contributed by atoms with Crippen molar-refractivity contribution in [3.8, 4) is 17.2 Å². The van der Waals surface area contributed by atoms with E-state index in [-0.39, 0.29) is 17.4 Å². The van der Waals surface area contributed by atoms with Crippen molar-refractivity contribution >= 4 is 6.09 Å². The Balaban J connectivity index is 1.39. The lowest BCUT2D eigenvalue weighted by atomic mass is 9.96. The number of hydrogen-bond acceptors (Lipinski definition) is 6. The van der Waals surface area contributed by atoms with Gasteiger partial charge in [0.05, 0.1) is 11.3 Å². The Kier molecular flexibility index (Phi) is 5.20. The molecule has 150 valence electrons. The van der Waals surface area contributed by atoms with Crippen LogP contribution in [-0.4, -0.2) is 39.2 Å². The number of carbonyl (C=O) groups is 1. The average Bonchev–Trinajstić information content (AvgIpc) is 3.21.